The molecule has 1 fully saturated rings. The lowest BCUT2D eigenvalue weighted by Crippen LogP contribution is -2.46. The molecule has 2 aromatic rings. The fourth-order valence-electron chi connectivity index (χ4n) is 3.59. The van der Waals surface area contributed by atoms with Crippen molar-refractivity contribution in [2.75, 3.05) is 45.9 Å². The normalized spacial score (nSPS) is 15.7. The maximum atomic E-state index is 11.7. The van der Waals surface area contributed by atoms with Crippen molar-refractivity contribution in [3.8, 4) is 11.1 Å². The molecule has 0 radical (unpaired) electrons. The lowest BCUT2D eigenvalue weighted by Gasteiger charge is -2.34. The van der Waals surface area contributed by atoms with Crippen LogP contribution in [-0.4, -0.2) is 67.3 Å². The molecule has 1 heterocycles. The van der Waals surface area contributed by atoms with E-state index in [1.165, 1.54) is 16.7 Å². The summed E-state index contributed by atoms with van der Waals surface area (Å²) in [7, 11) is 0. The Hall–Kier alpha value is -1.92. The number of benzene rings is 2. The number of rotatable bonds is 8. The topological polar surface area (TPSA) is 42.0 Å². The number of nitrogens with zero attached hydrogens (tertiary/aromatic N) is 2. The number of hydrogen-bond acceptors (Lipinski definition) is 5. The molecule has 0 amide bonds. The molecule has 0 spiro atoms. The summed E-state index contributed by atoms with van der Waals surface area (Å²) in [5.41, 5.74) is 3.24. The molecule has 6 heteroatoms. The van der Waals surface area contributed by atoms with Crippen molar-refractivity contribution in [1.29, 1.82) is 0 Å². The number of carbonyl (C=O) groups excluding carboxylic acids is 1. The van der Waals surface area contributed by atoms with Crippen LogP contribution in [0.15, 0.2) is 48.5 Å². The summed E-state index contributed by atoms with van der Waals surface area (Å²) in [6.45, 7) is 12.0. The van der Waals surface area contributed by atoms with Gasteiger partial charge in [-0.3, -0.25) is 9.80 Å². The van der Waals surface area contributed by atoms with Crippen molar-refractivity contribution < 1.29 is 14.3 Å². The first-order chi connectivity index (χ1) is 14.8. The van der Waals surface area contributed by atoms with Crippen LogP contribution in [-0.2, 0) is 20.8 Å². The molecule has 1 saturated heterocycles. The lowest BCUT2D eigenvalue weighted by molar-refractivity contribution is -0.160. The van der Waals surface area contributed by atoms with Crippen LogP contribution in [0.25, 0.3) is 11.1 Å². The molecule has 5 nitrogen and oxygen atoms in total. The molecule has 3 rings (SSSR count). The molecule has 0 aliphatic carbocycles. The van der Waals surface area contributed by atoms with E-state index in [1.807, 2.05) is 45.0 Å². The van der Waals surface area contributed by atoms with Gasteiger partial charge in [0.2, 0.25) is 0 Å². The van der Waals surface area contributed by atoms with Crippen LogP contribution in [0.2, 0.25) is 5.02 Å². The van der Waals surface area contributed by atoms with E-state index in [9.17, 15) is 4.79 Å². The van der Waals surface area contributed by atoms with Crippen LogP contribution >= 0.6 is 11.6 Å². The minimum absolute atomic E-state index is 0.0171. The average Bonchev–Trinajstić information content (AvgIpc) is 2.72. The van der Waals surface area contributed by atoms with Crippen LogP contribution in [0.3, 0.4) is 0 Å². The van der Waals surface area contributed by atoms with Crippen LogP contribution < -0.4 is 0 Å². The third kappa shape index (κ3) is 8.26. The second-order valence-electron chi connectivity index (χ2n) is 8.96. The van der Waals surface area contributed by atoms with Gasteiger partial charge in [0.25, 0.3) is 0 Å². The van der Waals surface area contributed by atoms with Crippen molar-refractivity contribution in [2.24, 2.45) is 0 Å². The summed E-state index contributed by atoms with van der Waals surface area (Å²) in [4.78, 5) is 16.5. The smallest absolute Gasteiger partial charge is 0.332 e. The van der Waals surface area contributed by atoms with Crippen molar-refractivity contribution in [3.63, 3.8) is 0 Å². The van der Waals surface area contributed by atoms with Gasteiger partial charge in [0.05, 0.1) is 6.61 Å². The van der Waals surface area contributed by atoms with Gasteiger partial charge in [-0.15, -0.1) is 0 Å². The molecule has 0 N–H and O–H groups in total. The molecule has 0 unspecified atom stereocenters. The van der Waals surface area contributed by atoms with Gasteiger partial charge < -0.3 is 9.47 Å². The minimum atomic E-state index is -0.465. The molecular formula is C25H33ClN2O3. The van der Waals surface area contributed by atoms with Gasteiger partial charge in [-0.25, -0.2) is 4.79 Å². The fraction of sp³-hybridized carbons (Fsp3) is 0.480. The Bertz CT molecular complexity index is 823. The number of esters is 1. The van der Waals surface area contributed by atoms with Gasteiger partial charge in [0, 0.05) is 44.3 Å². The Morgan fingerprint density at radius 3 is 2.03 bits per heavy atom. The molecule has 0 atom stereocenters. The van der Waals surface area contributed by atoms with Crippen LogP contribution in [0.4, 0.5) is 0 Å². The van der Waals surface area contributed by atoms with Crippen molar-refractivity contribution in [1.82, 2.24) is 9.80 Å². The van der Waals surface area contributed by atoms with E-state index in [0.29, 0.717) is 6.61 Å². The third-order valence-electron chi connectivity index (χ3n) is 5.19. The second kappa shape index (κ2) is 11.1. The Morgan fingerprint density at radius 1 is 0.903 bits per heavy atom. The summed E-state index contributed by atoms with van der Waals surface area (Å²) < 4.78 is 10.7. The van der Waals surface area contributed by atoms with E-state index in [1.54, 1.807) is 0 Å². The van der Waals surface area contributed by atoms with Crippen molar-refractivity contribution in [2.45, 2.75) is 32.9 Å². The average molecular weight is 445 g/mol. The summed E-state index contributed by atoms with van der Waals surface area (Å²) >= 11 is 5.98. The first-order valence-corrected chi connectivity index (χ1v) is 11.3. The van der Waals surface area contributed by atoms with E-state index in [-0.39, 0.29) is 12.6 Å². The highest BCUT2D eigenvalue weighted by molar-refractivity contribution is 6.30. The Morgan fingerprint density at radius 2 is 1.45 bits per heavy atom. The highest BCUT2D eigenvalue weighted by Gasteiger charge is 2.18. The zero-order valence-corrected chi connectivity index (χ0v) is 19.5. The van der Waals surface area contributed by atoms with Gasteiger partial charge in [-0.1, -0.05) is 48.0 Å². The van der Waals surface area contributed by atoms with E-state index in [4.69, 9.17) is 21.1 Å². The number of carbonyl (C=O) groups is 1. The zero-order valence-electron chi connectivity index (χ0n) is 18.8. The quantitative estimate of drug-likeness (QED) is 0.443. The predicted octanol–water partition coefficient (Wildman–Crippen LogP) is 4.48. The monoisotopic (exact) mass is 444 g/mol. The Labute approximate surface area is 190 Å². The number of piperazine rings is 1. The maximum Gasteiger partial charge on any atom is 0.332 e. The minimum Gasteiger partial charge on any atom is -0.458 e. The standard InChI is InChI=1S/C25H33ClN2O3/c1-25(2,3)31-24(29)19-30-17-16-27-12-14-28(15-13-27)18-20-4-6-21(7-5-20)22-8-10-23(26)11-9-22/h4-11H,12-19H2,1-3H3. The first kappa shape index (κ1) is 23.7. The summed E-state index contributed by atoms with van der Waals surface area (Å²) in [5, 5.41) is 0.758. The summed E-state index contributed by atoms with van der Waals surface area (Å²) in [6.07, 6.45) is 0. The van der Waals surface area contributed by atoms with Crippen molar-refractivity contribution >= 4 is 17.6 Å². The van der Waals surface area contributed by atoms with Gasteiger partial charge in [-0.2, -0.15) is 0 Å². The molecule has 31 heavy (non-hydrogen) atoms. The molecule has 0 bridgehead atoms. The molecule has 168 valence electrons. The van der Waals surface area contributed by atoms with E-state index >= 15 is 0 Å². The molecule has 2 aromatic carbocycles. The fourth-order valence-corrected chi connectivity index (χ4v) is 3.72. The van der Waals surface area contributed by atoms with Gasteiger partial charge in [-0.05, 0) is 49.6 Å². The highest BCUT2D eigenvalue weighted by atomic mass is 35.5. The number of halogens is 1. The number of hydrogen-bond donors (Lipinski definition) is 0. The van der Waals surface area contributed by atoms with E-state index in [0.717, 1.165) is 44.3 Å². The van der Waals surface area contributed by atoms with Gasteiger partial charge in [0.1, 0.15) is 12.2 Å². The lowest BCUT2D eigenvalue weighted by atomic mass is 10.0. The second-order valence-corrected chi connectivity index (χ2v) is 9.40. The summed E-state index contributed by atoms with van der Waals surface area (Å²) in [5.74, 6) is -0.306. The van der Waals surface area contributed by atoms with E-state index in [2.05, 4.69) is 34.1 Å². The molecule has 0 saturated carbocycles. The molecule has 1 aliphatic heterocycles. The third-order valence-corrected chi connectivity index (χ3v) is 5.45. The molecular weight excluding hydrogens is 412 g/mol. The first-order valence-electron chi connectivity index (χ1n) is 10.9. The number of ether oxygens (including phenoxy) is 2. The Balaban J connectivity index is 1.34. The molecule has 0 aromatic heterocycles. The van der Waals surface area contributed by atoms with Gasteiger partial charge >= 0.3 is 5.97 Å². The molecule has 1 aliphatic rings. The van der Waals surface area contributed by atoms with Crippen LogP contribution in [0.5, 0.6) is 0 Å². The van der Waals surface area contributed by atoms with Crippen LogP contribution in [0, 0.1) is 0 Å². The van der Waals surface area contributed by atoms with Gasteiger partial charge in [0.15, 0.2) is 0 Å². The van der Waals surface area contributed by atoms with Crippen molar-refractivity contribution in [3.05, 3.63) is 59.1 Å². The maximum absolute atomic E-state index is 11.7. The predicted molar refractivity (Wildman–Crippen MR) is 125 cm³/mol. The SMILES string of the molecule is CC(C)(C)OC(=O)COCCN1CCN(Cc2ccc(-c3ccc(Cl)cc3)cc2)CC1. The summed E-state index contributed by atoms with van der Waals surface area (Å²) in [6, 6.07) is 16.7. The van der Waals surface area contributed by atoms with Crippen LogP contribution in [0.1, 0.15) is 26.3 Å². The Kier molecular flexibility index (Phi) is 8.50. The largest absolute Gasteiger partial charge is 0.458 e. The zero-order chi connectivity index (χ0) is 22.3. The van der Waals surface area contributed by atoms with E-state index < -0.39 is 5.60 Å². The highest BCUT2D eigenvalue weighted by Crippen LogP contribution is 2.22.